The zero-order valence-corrected chi connectivity index (χ0v) is 16.4. The van der Waals surface area contributed by atoms with Gasteiger partial charge in [0.2, 0.25) is 0 Å². The molecule has 0 spiro atoms. The summed E-state index contributed by atoms with van der Waals surface area (Å²) in [5.74, 6) is -0.576. The highest BCUT2D eigenvalue weighted by Gasteiger charge is 2.39. The second-order valence-corrected chi connectivity index (χ2v) is 8.43. The molecule has 0 aromatic heterocycles. The van der Waals surface area contributed by atoms with Crippen molar-refractivity contribution in [1.29, 1.82) is 0 Å². The Hall–Kier alpha value is -3.84. The summed E-state index contributed by atoms with van der Waals surface area (Å²) in [6.45, 7) is 0. The maximum absolute atomic E-state index is 12.9. The third kappa shape index (κ3) is 3.71. The lowest BCUT2D eigenvalue weighted by atomic mass is 10.1. The zero-order chi connectivity index (χ0) is 22.3. The number of nitrogens with zero attached hydrogens (tertiary/aromatic N) is 3. The number of anilines is 1. The quantitative estimate of drug-likeness (QED) is 0.402. The molecule has 1 heterocycles. The summed E-state index contributed by atoms with van der Waals surface area (Å²) in [5, 5.41) is 23.4. The van der Waals surface area contributed by atoms with Crippen molar-refractivity contribution in [3.8, 4) is 0 Å². The normalized spacial score (nSPS) is 19.4. The van der Waals surface area contributed by atoms with Crippen LogP contribution in [0.15, 0.2) is 59.5 Å². The summed E-state index contributed by atoms with van der Waals surface area (Å²) in [6.07, 6.45) is 4.03. The van der Waals surface area contributed by atoms with E-state index in [1.54, 1.807) is 0 Å². The van der Waals surface area contributed by atoms with Gasteiger partial charge in [-0.25, -0.2) is 13.5 Å². The molecular formula is C18H14N4O8S. The molecule has 0 unspecified atom stereocenters. The van der Waals surface area contributed by atoms with E-state index >= 15 is 0 Å². The fourth-order valence-electron chi connectivity index (χ4n) is 3.39. The first-order valence-corrected chi connectivity index (χ1v) is 10.4. The molecule has 1 N–H and O–H groups in total. The van der Waals surface area contributed by atoms with Gasteiger partial charge in [-0.1, -0.05) is 24.3 Å². The van der Waals surface area contributed by atoms with Gasteiger partial charge in [-0.3, -0.25) is 34.6 Å². The second-order valence-electron chi connectivity index (χ2n) is 6.78. The SMILES string of the molecule is O=C(c1ccccc1NS(=O)(=O)c1ccc([N+](=O)[O-])cc1[N+](=O)[O-])N1O[C@H]2C=C[C@@H]1C2. The lowest BCUT2D eigenvalue weighted by Gasteiger charge is -2.23. The van der Waals surface area contributed by atoms with Crippen LogP contribution in [0.3, 0.4) is 0 Å². The van der Waals surface area contributed by atoms with Crippen LogP contribution in [0.5, 0.6) is 0 Å². The number of hydrogen-bond donors (Lipinski definition) is 1. The minimum atomic E-state index is -4.56. The number of nitro benzene ring substituents is 2. The van der Waals surface area contributed by atoms with E-state index in [0.29, 0.717) is 12.5 Å². The Morgan fingerprint density at radius 1 is 1.10 bits per heavy atom. The molecule has 0 saturated carbocycles. The Kier molecular flexibility index (Phi) is 4.91. The Labute approximate surface area is 175 Å². The van der Waals surface area contributed by atoms with Gasteiger partial charge in [0.05, 0.1) is 33.2 Å². The molecule has 2 atom stereocenters. The number of hydrogen-bond acceptors (Lipinski definition) is 8. The molecule has 1 fully saturated rings. The number of carbonyl (C=O) groups is 1. The maximum Gasteiger partial charge on any atom is 0.296 e. The molecule has 0 radical (unpaired) electrons. The van der Waals surface area contributed by atoms with Crippen molar-refractivity contribution in [3.63, 3.8) is 0 Å². The molecule has 1 aliphatic heterocycles. The molecule has 1 amide bonds. The molecule has 31 heavy (non-hydrogen) atoms. The topological polar surface area (TPSA) is 162 Å². The predicted octanol–water partition coefficient (Wildman–Crippen LogP) is 2.39. The Bertz CT molecular complexity index is 1240. The van der Waals surface area contributed by atoms with Gasteiger partial charge in [0.1, 0.15) is 6.10 Å². The number of para-hydroxylation sites is 1. The van der Waals surface area contributed by atoms with Crippen LogP contribution >= 0.6 is 0 Å². The first-order chi connectivity index (χ1) is 14.7. The summed E-state index contributed by atoms with van der Waals surface area (Å²) in [5.41, 5.74) is -1.72. The largest absolute Gasteiger partial charge is 0.296 e. The van der Waals surface area contributed by atoms with E-state index in [1.807, 2.05) is 12.2 Å². The molecule has 2 aliphatic rings. The van der Waals surface area contributed by atoms with Gasteiger partial charge in [-0.05, 0) is 18.2 Å². The van der Waals surface area contributed by atoms with Gasteiger partial charge >= 0.3 is 0 Å². The molecule has 2 bridgehead atoms. The maximum atomic E-state index is 12.9. The zero-order valence-electron chi connectivity index (χ0n) is 15.6. The molecular weight excluding hydrogens is 432 g/mol. The highest BCUT2D eigenvalue weighted by Crippen LogP contribution is 2.33. The first-order valence-electron chi connectivity index (χ1n) is 8.91. The van der Waals surface area contributed by atoms with Crippen LogP contribution in [0, 0.1) is 20.2 Å². The number of carbonyl (C=O) groups excluding carboxylic acids is 1. The number of fused-ring (bicyclic) bond motifs is 2. The monoisotopic (exact) mass is 446 g/mol. The van der Waals surface area contributed by atoms with E-state index in [2.05, 4.69) is 4.72 Å². The average molecular weight is 446 g/mol. The lowest BCUT2D eigenvalue weighted by Crippen LogP contribution is -2.35. The summed E-state index contributed by atoms with van der Waals surface area (Å²) >= 11 is 0. The molecule has 12 nitrogen and oxygen atoms in total. The number of sulfonamides is 1. The minimum Gasteiger partial charge on any atom is -0.279 e. The van der Waals surface area contributed by atoms with Crippen LogP contribution < -0.4 is 4.72 Å². The Morgan fingerprint density at radius 2 is 1.84 bits per heavy atom. The number of amides is 1. The number of nitrogens with one attached hydrogen (secondary N) is 1. The van der Waals surface area contributed by atoms with Crippen molar-refractivity contribution >= 4 is 33.0 Å². The van der Waals surface area contributed by atoms with Crippen LogP contribution in [0.25, 0.3) is 0 Å². The van der Waals surface area contributed by atoms with Crippen molar-refractivity contribution in [1.82, 2.24) is 5.06 Å². The summed E-state index contributed by atoms with van der Waals surface area (Å²) in [6, 6.07) is 7.65. The Balaban J connectivity index is 1.69. The average Bonchev–Trinajstić information content (AvgIpc) is 3.36. The standard InChI is InChI=1S/C18H14N4O8S/c23-18(20-11-5-7-13(9-11)30-20)14-3-1-2-4-15(14)19-31(28,29)17-8-6-12(21(24)25)10-16(17)22(26)27/h1-8,10-11,13,19H,9H2/t11-,13+/m1/s1. The third-order valence-electron chi connectivity index (χ3n) is 4.81. The van der Waals surface area contributed by atoms with Gasteiger partial charge in [0, 0.05) is 12.5 Å². The second kappa shape index (κ2) is 7.45. The fourth-order valence-corrected chi connectivity index (χ4v) is 4.62. The van der Waals surface area contributed by atoms with Gasteiger partial charge in [-0.15, -0.1) is 0 Å². The van der Waals surface area contributed by atoms with Crippen molar-refractivity contribution < 1.29 is 27.9 Å². The highest BCUT2D eigenvalue weighted by atomic mass is 32.2. The fraction of sp³-hybridized carbons (Fsp3) is 0.167. The predicted molar refractivity (Wildman–Crippen MR) is 106 cm³/mol. The van der Waals surface area contributed by atoms with E-state index in [1.165, 1.54) is 24.3 Å². The van der Waals surface area contributed by atoms with Crippen LogP contribution in [-0.4, -0.2) is 41.4 Å². The van der Waals surface area contributed by atoms with Crippen LogP contribution in [0.4, 0.5) is 17.1 Å². The van der Waals surface area contributed by atoms with Crippen molar-refractivity contribution in [2.75, 3.05) is 4.72 Å². The van der Waals surface area contributed by atoms with E-state index in [4.69, 9.17) is 4.84 Å². The van der Waals surface area contributed by atoms with E-state index in [0.717, 1.165) is 17.2 Å². The van der Waals surface area contributed by atoms with Crippen LogP contribution in [0.1, 0.15) is 16.8 Å². The molecule has 160 valence electrons. The number of nitro groups is 2. The van der Waals surface area contributed by atoms with Crippen molar-refractivity contribution in [2.24, 2.45) is 0 Å². The van der Waals surface area contributed by atoms with E-state index in [9.17, 15) is 33.4 Å². The van der Waals surface area contributed by atoms with Gasteiger partial charge in [-0.2, -0.15) is 0 Å². The summed E-state index contributed by atoms with van der Waals surface area (Å²) < 4.78 is 27.9. The van der Waals surface area contributed by atoms with Gasteiger partial charge in [0.15, 0.2) is 4.90 Å². The van der Waals surface area contributed by atoms with Crippen molar-refractivity contribution in [3.05, 3.63) is 80.4 Å². The van der Waals surface area contributed by atoms with Crippen LogP contribution in [-0.2, 0) is 14.9 Å². The van der Waals surface area contributed by atoms with E-state index in [-0.39, 0.29) is 23.4 Å². The summed E-state index contributed by atoms with van der Waals surface area (Å²) in [7, 11) is -4.56. The number of rotatable bonds is 6. The smallest absolute Gasteiger partial charge is 0.279 e. The van der Waals surface area contributed by atoms with E-state index < -0.39 is 42.0 Å². The Morgan fingerprint density at radius 3 is 2.45 bits per heavy atom. The molecule has 2 aromatic carbocycles. The highest BCUT2D eigenvalue weighted by molar-refractivity contribution is 7.92. The van der Waals surface area contributed by atoms with Gasteiger partial charge in [0.25, 0.3) is 27.3 Å². The molecule has 4 rings (SSSR count). The van der Waals surface area contributed by atoms with Crippen molar-refractivity contribution in [2.45, 2.75) is 23.5 Å². The summed E-state index contributed by atoms with van der Waals surface area (Å²) in [4.78, 5) is 38.0. The minimum absolute atomic E-state index is 0.0170. The first kappa shape index (κ1) is 20.4. The van der Waals surface area contributed by atoms with Crippen LogP contribution in [0.2, 0.25) is 0 Å². The lowest BCUT2D eigenvalue weighted by molar-refractivity contribution is -0.396. The number of non-ortho nitro benzene ring substituents is 1. The molecule has 1 saturated heterocycles. The number of benzene rings is 2. The molecule has 2 aromatic rings. The third-order valence-corrected chi connectivity index (χ3v) is 6.23. The number of hydroxylamine groups is 2. The molecule has 13 heteroatoms. The molecule has 1 aliphatic carbocycles. The van der Waals surface area contributed by atoms with Gasteiger partial charge < -0.3 is 0 Å².